The quantitative estimate of drug-likeness (QED) is 0.164. The summed E-state index contributed by atoms with van der Waals surface area (Å²) in [5.41, 5.74) is 6.58. The van der Waals surface area contributed by atoms with Crippen LogP contribution in [-0.4, -0.2) is 16.3 Å². The van der Waals surface area contributed by atoms with Crippen molar-refractivity contribution in [3.8, 4) is 0 Å². The lowest BCUT2D eigenvalue weighted by atomic mass is 9.82. The fourth-order valence-corrected chi connectivity index (χ4v) is 5.83. The van der Waals surface area contributed by atoms with E-state index in [0.29, 0.717) is 11.6 Å². The van der Waals surface area contributed by atoms with E-state index in [4.69, 9.17) is 4.42 Å². The molecule has 2 aromatic heterocycles. The van der Waals surface area contributed by atoms with Crippen molar-refractivity contribution < 1.29 is 8.99 Å². The van der Waals surface area contributed by atoms with Crippen molar-refractivity contribution in [2.45, 2.75) is 25.7 Å². The highest BCUT2D eigenvalue weighted by Crippen LogP contribution is 2.49. The maximum Gasteiger partial charge on any atom is 0.377 e. The molecule has 3 heteroatoms. The van der Waals surface area contributed by atoms with E-state index in [0.717, 1.165) is 28.0 Å². The van der Waals surface area contributed by atoms with Gasteiger partial charge in [0.25, 0.3) is 5.58 Å². The zero-order chi connectivity index (χ0) is 21.9. The average molecular weight is 429 g/mol. The van der Waals surface area contributed by atoms with Crippen LogP contribution < -0.4 is 0 Å². The second-order valence-electron chi connectivity index (χ2n) is 9.22. The lowest BCUT2D eigenvalue weighted by Crippen LogP contribution is -2.20. The summed E-state index contributed by atoms with van der Waals surface area (Å²) >= 11 is 0. The number of aromatic nitrogens is 1. The molecule has 0 atom stereocenters. The summed E-state index contributed by atoms with van der Waals surface area (Å²) in [5, 5.41) is 4.74. The molecule has 3 nitrogen and oxygen atoms in total. The number of furan rings is 1. The van der Waals surface area contributed by atoms with Crippen molar-refractivity contribution in [3.05, 3.63) is 96.2 Å². The zero-order valence-corrected chi connectivity index (χ0v) is 18.4. The third kappa shape index (κ3) is 2.72. The molecule has 2 aliphatic rings. The molecule has 0 bridgehead atoms. The monoisotopic (exact) mass is 428 g/mol. The minimum atomic E-state index is 0.579. The van der Waals surface area contributed by atoms with E-state index < -0.39 is 0 Å². The Bertz CT molecular complexity index is 1600. The highest BCUT2D eigenvalue weighted by Gasteiger charge is 2.34. The molecule has 1 fully saturated rings. The van der Waals surface area contributed by atoms with Gasteiger partial charge < -0.3 is 0 Å². The second kappa shape index (κ2) is 7.08. The summed E-state index contributed by atoms with van der Waals surface area (Å²) in [7, 11) is 0. The number of allylic oxidation sites excluding steroid dienone is 1. The molecule has 0 spiro atoms. The maximum absolute atomic E-state index is 6.29. The molecule has 3 aromatic carbocycles. The Morgan fingerprint density at radius 2 is 1.76 bits per heavy atom. The van der Waals surface area contributed by atoms with E-state index in [2.05, 4.69) is 83.0 Å². The maximum atomic E-state index is 6.29. The van der Waals surface area contributed by atoms with E-state index in [1.54, 1.807) is 6.20 Å². The Hall–Kier alpha value is -3.85. The zero-order valence-electron chi connectivity index (χ0n) is 18.4. The fraction of sp³-hybridized carbons (Fsp3) is 0.167. The van der Waals surface area contributed by atoms with Crippen LogP contribution >= 0.6 is 0 Å². The highest BCUT2D eigenvalue weighted by atomic mass is 16.3. The number of hydrogen-bond acceptors (Lipinski definition) is 1. The minimum absolute atomic E-state index is 0.579. The molecule has 0 unspecified atom stereocenters. The number of rotatable bonds is 2. The predicted molar refractivity (Wildman–Crippen MR) is 135 cm³/mol. The van der Waals surface area contributed by atoms with Crippen molar-refractivity contribution >= 4 is 50.8 Å². The van der Waals surface area contributed by atoms with Gasteiger partial charge in [0.15, 0.2) is 11.7 Å². The Labute approximate surface area is 192 Å². The largest absolute Gasteiger partial charge is 0.377 e. The summed E-state index contributed by atoms with van der Waals surface area (Å²) in [6.45, 7) is 4.52. The molecule has 1 saturated carbocycles. The van der Waals surface area contributed by atoms with Crippen LogP contribution in [0.1, 0.15) is 36.8 Å². The first-order chi connectivity index (χ1) is 16.3. The van der Waals surface area contributed by atoms with Gasteiger partial charge in [0.1, 0.15) is 0 Å². The molecule has 160 valence electrons. The van der Waals surface area contributed by atoms with Crippen LogP contribution in [0.2, 0.25) is 0 Å². The molecule has 3 heterocycles. The van der Waals surface area contributed by atoms with Crippen molar-refractivity contribution in [2.75, 3.05) is 0 Å². The molecule has 0 saturated heterocycles. The first-order valence-corrected chi connectivity index (χ1v) is 11.8. The topological polar surface area (TPSA) is 27.2 Å². The van der Waals surface area contributed by atoms with Gasteiger partial charge in [-0.15, -0.1) is 12.1 Å². The molecule has 5 aromatic rings. The first-order valence-electron chi connectivity index (χ1n) is 11.8. The Balaban J connectivity index is 1.50. The number of fused-ring (bicyclic) bond motifs is 6. The Kier molecular flexibility index (Phi) is 4.01. The van der Waals surface area contributed by atoms with Crippen LogP contribution in [0.15, 0.2) is 83.4 Å². The van der Waals surface area contributed by atoms with Crippen molar-refractivity contribution in [1.82, 2.24) is 4.98 Å². The van der Waals surface area contributed by atoms with Gasteiger partial charge in [0.05, 0.1) is 12.3 Å². The molecule has 1 aliphatic heterocycles. The second-order valence-corrected chi connectivity index (χ2v) is 9.22. The Morgan fingerprint density at radius 3 is 2.67 bits per heavy atom. The van der Waals surface area contributed by atoms with Crippen LogP contribution in [-0.2, 0) is 0 Å². The number of pyridine rings is 1. The normalized spacial score (nSPS) is 16.7. The van der Waals surface area contributed by atoms with Gasteiger partial charge in [-0.3, -0.25) is 4.42 Å². The molecule has 33 heavy (non-hydrogen) atoms. The third-order valence-corrected chi connectivity index (χ3v) is 7.42. The van der Waals surface area contributed by atoms with E-state index in [9.17, 15) is 0 Å². The molecular weight excluding hydrogens is 404 g/mol. The lowest BCUT2D eigenvalue weighted by Gasteiger charge is -2.30. The van der Waals surface area contributed by atoms with E-state index in [1.807, 2.05) is 6.07 Å². The van der Waals surface area contributed by atoms with Crippen LogP contribution in [0, 0.1) is 12.0 Å². The van der Waals surface area contributed by atoms with Crippen molar-refractivity contribution in [2.24, 2.45) is 5.92 Å². The summed E-state index contributed by atoms with van der Waals surface area (Å²) in [5.74, 6) is 0.579. The molecular formula is C30H24N2O. The summed E-state index contributed by atoms with van der Waals surface area (Å²) < 4.78 is 8.38. The van der Waals surface area contributed by atoms with E-state index in [1.165, 1.54) is 53.3 Å². The van der Waals surface area contributed by atoms with E-state index >= 15 is 0 Å². The SMILES string of the molecule is C=[N+]1c2ccc3ccccc3c2C(C2CCCC2)=C[C-]1c1cccc2c1[o+][c-]1ncccc21. The van der Waals surface area contributed by atoms with Crippen LogP contribution in [0.4, 0.5) is 5.69 Å². The van der Waals surface area contributed by atoms with Gasteiger partial charge in [0, 0.05) is 10.9 Å². The fourth-order valence-electron chi connectivity index (χ4n) is 5.83. The van der Waals surface area contributed by atoms with Gasteiger partial charge in [-0.2, -0.15) is 0 Å². The molecule has 0 amide bonds. The average Bonchev–Trinajstić information content (AvgIpc) is 3.52. The van der Waals surface area contributed by atoms with Crippen LogP contribution in [0.25, 0.3) is 38.4 Å². The predicted octanol–water partition coefficient (Wildman–Crippen LogP) is 7.65. The smallest absolute Gasteiger partial charge is 0.268 e. The van der Waals surface area contributed by atoms with Crippen molar-refractivity contribution in [3.63, 3.8) is 0 Å². The van der Waals surface area contributed by atoms with Gasteiger partial charge in [-0.1, -0.05) is 79.8 Å². The summed E-state index contributed by atoms with van der Waals surface area (Å²) in [6.07, 6.45) is 9.26. The third-order valence-electron chi connectivity index (χ3n) is 7.42. The first kappa shape index (κ1) is 18.7. The lowest BCUT2D eigenvalue weighted by molar-refractivity contribution is -0.400. The molecule has 7 rings (SSSR count). The van der Waals surface area contributed by atoms with Gasteiger partial charge in [0.2, 0.25) is 0 Å². The number of benzene rings is 3. The summed E-state index contributed by atoms with van der Waals surface area (Å²) in [4.78, 5) is 4.45. The number of nitrogens with zero attached hydrogens (tertiary/aromatic N) is 2. The highest BCUT2D eigenvalue weighted by molar-refractivity contribution is 6.05. The minimum Gasteiger partial charge on any atom is -0.268 e. The standard InChI is InChI=1S/C30H24N2O/c1-32-26-16-15-20-10-4-5-11-21(20)28(26)25(19-8-2-3-9-19)18-27(32)24-13-6-12-22-23-14-7-17-31-30(23)33-29(22)24/h4-7,10-19H,1-3,8-9H2. The van der Waals surface area contributed by atoms with Gasteiger partial charge in [-0.05, 0) is 40.4 Å². The molecule has 1 aliphatic carbocycles. The number of hydrogen-bond donors (Lipinski definition) is 0. The van der Waals surface area contributed by atoms with Gasteiger partial charge in [-0.25, -0.2) is 9.56 Å². The summed E-state index contributed by atoms with van der Waals surface area (Å²) in [6, 6.07) is 24.7. The van der Waals surface area contributed by atoms with Crippen LogP contribution in [0.3, 0.4) is 0 Å². The van der Waals surface area contributed by atoms with E-state index in [-0.39, 0.29) is 0 Å². The van der Waals surface area contributed by atoms with Crippen molar-refractivity contribution in [1.29, 1.82) is 0 Å². The molecule has 0 radical (unpaired) electrons. The molecule has 0 N–H and O–H groups in total. The Morgan fingerprint density at radius 1 is 0.909 bits per heavy atom. The number of para-hydroxylation sites is 1. The van der Waals surface area contributed by atoms with Gasteiger partial charge >= 0.3 is 5.71 Å². The van der Waals surface area contributed by atoms with Crippen LogP contribution in [0.5, 0.6) is 0 Å².